The van der Waals surface area contributed by atoms with Crippen LogP contribution in [-0.4, -0.2) is 0 Å². The van der Waals surface area contributed by atoms with Gasteiger partial charge in [0.05, 0.1) is 0 Å². The van der Waals surface area contributed by atoms with E-state index in [0.717, 1.165) is 30.5 Å². The van der Waals surface area contributed by atoms with Crippen molar-refractivity contribution >= 4 is 59.2 Å². The van der Waals surface area contributed by atoms with Crippen molar-refractivity contribution in [3.63, 3.8) is 0 Å². The van der Waals surface area contributed by atoms with Crippen molar-refractivity contribution < 1.29 is 0 Å². The van der Waals surface area contributed by atoms with Gasteiger partial charge in [0, 0.05) is 26.0 Å². The van der Waals surface area contributed by atoms with Gasteiger partial charge in [-0.25, -0.2) is 0 Å². The Balaban J connectivity index is 2.49. The van der Waals surface area contributed by atoms with Crippen molar-refractivity contribution in [1.82, 2.24) is 0 Å². The average Bonchev–Trinajstić information content (AvgIpc) is 2.49. The zero-order chi connectivity index (χ0) is 16.1. The fraction of sp³-hybridized carbons (Fsp3) is 0.111. The van der Waals surface area contributed by atoms with Crippen LogP contribution in [0.15, 0.2) is 79.8 Å². The second-order valence-corrected chi connectivity index (χ2v) is 7.93. The summed E-state index contributed by atoms with van der Waals surface area (Å²) < 4.78 is 3.24. The SMILES string of the molecule is C/C(Br)=C\C=C(/C)N(c1ccc(Br)cc1)c1ccc(Br)cc1. The van der Waals surface area contributed by atoms with Crippen molar-refractivity contribution in [2.75, 3.05) is 4.90 Å². The molecule has 0 bridgehead atoms. The van der Waals surface area contributed by atoms with Gasteiger partial charge in [0.15, 0.2) is 0 Å². The third kappa shape index (κ3) is 4.83. The van der Waals surface area contributed by atoms with Gasteiger partial charge < -0.3 is 4.90 Å². The van der Waals surface area contributed by atoms with E-state index in [2.05, 4.69) is 120 Å². The van der Waals surface area contributed by atoms with Gasteiger partial charge in [0.25, 0.3) is 0 Å². The van der Waals surface area contributed by atoms with E-state index in [4.69, 9.17) is 0 Å². The molecule has 0 heterocycles. The lowest BCUT2D eigenvalue weighted by molar-refractivity contribution is 1.15. The predicted octanol–water partition coefficient (Wildman–Crippen LogP) is 7.55. The van der Waals surface area contributed by atoms with E-state index >= 15 is 0 Å². The lowest BCUT2D eigenvalue weighted by atomic mass is 10.2. The van der Waals surface area contributed by atoms with Crippen LogP contribution >= 0.6 is 47.8 Å². The van der Waals surface area contributed by atoms with Crippen LogP contribution < -0.4 is 4.90 Å². The fourth-order valence-corrected chi connectivity index (χ4v) is 2.71. The zero-order valence-corrected chi connectivity index (χ0v) is 17.1. The minimum absolute atomic E-state index is 1.07. The molecule has 2 rings (SSSR count). The molecule has 114 valence electrons. The molecule has 2 aromatic rings. The van der Waals surface area contributed by atoms with Gasteiger partial charge in [-0.2, -0.15) is 0 Å². The molecule has 0 unspecified atom stereocenters. The summed E-state index contributed by atoms with van der Waals surface area (Å²) in [7, 11) is 0. The zero-order valence-electron chi connectivity index (χ0n) is 12.4. The van der Waals surface area contributed by atoms with Crippen LogP contribution in [0.2, 0.25) is 0 Å². The molecule has 4 heteroatoms. The maximum absolute atomic E-state index is 3.49. The largest absolute Gasteiger partial charge is 0.315 e. The number of hydrogen-bond acceptors (Lipinski definition) is 1. The highest BCUT2D eigenvalue weighted by atomic mass is 79.9. The Labute approximate surface area is 157 Å². The number of hydrogen-bond donors (Lipinski definition) is 0. The summed E-state index contributed by atoms with van der Waals surface area (Å²) in [6.07, 6.45) is 4.16. The van der Waals surface area contributed by atoms with Gasteiger partial charge in [-0.15, -0.1) is 0 Å². The molecule has 2 aromatic carbocycles. The van der Waals surface area contributed by atoms with Gasteiger partial charge >= 0.3 is 0 Å². The number of nitrogens with zero attached hydrogens (tertiary/aromatic N) is 1. The summed E-state index contributed by atoms with van der Waals surface area (Å²) >= 11 is 10.5. The Morgan fingerprint density at radius 1 is 0.773 bits per heavy atom. The van der Waals surface area contributed by atoms with Crippen LogP contribution in [0.4, 0.5) is 11.4 Å². The third-order valence-electron chi connectivity index (χ3n) is 3.08. The lowest BCUT2D eigenvalue weighted by Crippen LogP contribution is -2.14. The van der Waals surface area contributed by atoms with E-state index in [0.29, 0.717) is 0 Å². The minimum Gasteiger partial charge on any atom is -0.315 e. The summed E-state index contributed by atoms with van der Waals surface area (Å²) in [5.74, 6) is 0. The van der Waals surface area contributed by atoms with Crippen molar-refractivity contribution in [2.24, 2.45) is 0 Å². The Hall–Kier alpha value is -0.840. The first-order chi connectivity index (χ1) is 10.5. The summed E-state index contributed by atoms with van der Waals surface area (Å²) in [4.78, 5) is 2.23. The topological polar surface area (TPSA) is 3.24 Å². The minimum atomic E-state index is 1.07. The van der Waals surface area contributed by atoms with Crippen molar-refractivity contribution in [2.45, 2.75) is 13.8 Å². The molecule has 0 aliphatic carbocycles. The molecular weight excluding hydrogens is 470 g/mol. The quantitative estimate of drug-likeness (QED) is 0.404. The van der Waals surface area contributed by atoms with Gasteiger partial charge in [-0.3, -0.25) is 0 Å². The Kier molecular flexibility index (Phi) is 6.48. The standard InChI is InChI=1S/C18H16Br3N/c1-13(19)3-4-14(2)22(17-9-5-15(20)6-10-17)18-11-7-16(21)8-12-18/h3-12H,1-2H3/b13-3+,14-4+. The molecule has 0 saturated carbocycles. The highest BCUT2D eigenvalue weighted by molar-refractivity contribution is 9.11. The van der Waals surface area contributed by atoms with E-state index in [1.165, 1.54) is 0 Å². The molecule has 0 aliphatic rings. The molecule has 0 atom stereocenters. The predicted molar refractivity (Wildman–Crippen MR) is 107 cm³/mol. The normalized spacial score (nSPS) is 12.4. The first-order valence-electron chi connectivity index (χ1n) is 6.79. The number of benzene rings is 2. The Bertz CT molecular complexity index is 636. The maximum atomic E-state index is 3.49. The second-order valence-electron chi connectivity index (χ2n) is 4.85. The third-order valence-corrected chi connectivity index (χ3v) is 4.40. The summed E-state index contributed by atoms with van der Waals surface area (Å²) in [5.41, 5.74) is 3.39. The molecule has 0 radical (unpaired) electrons. The highest BCUT2D eigenvalue weighted by Crippen LogP contribution is 2.31. The second kappa shape index (κ2) is 8.14. The summed E-state index contributed by atoms with van der Waals surface area (Å²) in [6.45, 7) is 4.13. The molecule has 22 heavy (non-hydrogen) atoms. The van der Waals surface area contributed by atoms with E-state index in [9.17, 15) is 0 Å². The molecule has 0 N–H and O–H groups in total. The molecule has 0 saturated heterocycles. The monoisotopic (exact) mass is 483 g/mol. The molecule has 1 nitrogen and oxygen atoms in total. The number of allylic oxidation sites excluding steroid dienone is 4. The molecule has 0 aliphatic heterocycles. The molecule has 0 fully saturated rings. The number of rotatable bonds is 4. The Morgan fingerprint density at radius 2 is 1.18 bits per heavy atom. The van der Waals surface area contributed by atoms with E-state index in [1.807, 2.05) is 6.92 Å². The molecule has 0 aromatic heterocycles. The van der Waals surface area contributed by atoms with Gasteiger partial charge in [-0.05, 0) is 72.9 Å². The maximum Gasteiger partial charge on any atom is 0.0459 e. The van der Waals surface area contributed by atoms with Crippen LogP contribution in [0.5, 0.6) is 0 Å². The molecule has 0 amide bonds. The van der Waals surface area contributed by atoms with Crippen LogP contribution in [0.3, 0.4) is 0 Å². The molecular formula is C18H16Br3N. The van der Waals surface area contributed by atoms with E-state index in [1.54, 1.807) is 0 Å². The molecule has 0 spiro atoms. The van der Waals surface area contributed by atoms with Gasteiger partial charge in [0.1, 0.15) is 0 Å². The van der Waals surface area contributed by atoms with E-state index in [-0.39, 0.29) is 0 Å². The van der Waals surface area contributed by atoms with Crippen molar-refractivity contribution in [1.29, 1.82) is 0 Å². The summed E-state index contributed by atoms with van der Waals surface area (Å²) in [6, 6.07) is 16.6. The fourth-order valence-electron chi connectivity index (χ4n) is 2.05. The Morgan fingerprint density at radius 3 is 1.55 bits per heavy atom. The summed E-state index contributed by atoms with van der Waals surface area (Å²) in [5, 5.41) is 0. The number of anilines is 2. The first kappa shape index (κ1) is 17.5. The first-order valence-corrected chi connectivity index (χ1v) is 9.17. The van der Waals surface area contributed by atoms with Crippen LogP contribution in [0, 0.1) is 0 Å². The smallest absolute Gasteiger partial charge is 0.0459 e. The van der Waals surface area contributed by atoms with Crippen molar-refractivity contribution in [3.05, 3.63) is 79.8 Å². The van der Waals surface area contributed by atoms with Crippen LogP contribution in [0.25, 0.3) is 0 Å². The van der Waals surface area contributed by atoms with Gasteiger partial charge in [0.2, 0.25) is 0 Å². The number of halogens is 3. The van der Waals surface area contributed by atoms with E-state index < -0.39 is 0 Å². The van der Waals surface area contributed by atoms with Crippen LogP contribution in [-0.2, 0) is 0 Å². The van der Waals surface area contributed by atoms with Crippen molar-refractivity contribution in [3.8, 4) is 0 Å². The van der Waals surface area contributed by atoms with Crippen LogP contribution in [0.1, 0.15) is 13.8 Å². The lowest BCUT2D eigenvalue weighted by Gasteiger charge is -2.26. The average molecular weight is 486 g/mol. The highest BCUT2D eigenvalue weighted by Gasteiger charge is 2.11. The van der Waals surface area contributed by atoms with Gasteiger partial charge in [-0.1, -0.05) is 53.9 Å².